The fourth-order valence-corrected chi connectivity index (χ4v) is 4.36. The van der Waals surface area contributed by atoms with Crippen LogP contribution < -0.4 is 10.9 Å². The molecule has 3 aromatic rings. The van der Waals surface area contributed by atoms with Crippen LogP contribution in [-0.4, -0.2) is 31.1 Å². The average Bonchev–Trinajstić information content (AvgIpc) is 3.09. The summed E-state index contributed by atoms with van der Waals surface area (Å²) in [6, 6.07) is 2.12. The molecule has 8 heteroatoms. The van der Waals surface area contributed by atoms with Gasteiger partial charge in [-0.3, -0.25) is 9.59 Å². The average molecular weight is 359 g/mol. The second-order valence-corrected chi connectivity index (χ2v) is 7.90. The zero-order valence-corrected chi connectivity index (χ0v) is 15.2. The lowest BCUT2D eigenvalue weighted by atomic mass is 9.95. The lowest BCUT2D eigenvalue weighted by molar-refractivity contribution is -0.122. The van der Waals surface area contributed by atoms with Crippen molar-refractivity contribution in [3.63, 3.8) is 0 Å². The number of hydrogen-bond acceptors (Lipinski definition) is 5. The van der Waals surface area contributed by atoms with Gasteiger partial charge in [0.1, 0.15) is 17.1 Å². The van der Waals surface area contributed by atoms with E-state index in [0.29, 0.717) is 16.0 Å². The van der Waals surface area contributed by atoms with Crippen molar-refractivity contribution in [2.75, 3.05) is 0 Å². The Morgan fingerprint density at radius 2 is 2.08 bits per heavy atom. The van der Waals surface area contributed by atoms with E-state index in [-0.39, 0.29) is 24.1 Å². The Morgan fingerprint density at radius 3 is 2.84 bits per heavy atom. The highest BCUT2D eigenvalue weighted by atomic mass is 32.1. The minimum Gasteiger partial charge on any atom is -0.352 e. The van der Waals surface area contributed by atoms with Crippen LogP contribution >= 0.6 is 11.3 Å². The van der Waals surface area contributed by atoms with Crippen molar-refractivity contribution >= 4 is 33.2 Å². The molecule has 0 saturated heterocycles. The molecule has 7 nitrogen and oxygen atoms in total. The van der Waals surface area contributed by atoms with Gasteiger partial charge >= 0.3 is 0 Å². The van der Waals surface area contributed by atoms with E-state index in [2.05, 4.69) is 15.4 Å². The zero-order chi connectivity index (χ0) is 17.6. The van der Waals surface area contributed by atoms with Gasteiger partial charge in [0.15, 0.2) is 0 Å². The third-order valence-corrected chi connectivity index (χ3v) is 5.65. The van der Waals surface area contributed by atoms with Crippen molar-refractivity contribution in [3.8, 4) is 0 Å². The Kier molecular flexibility index (Phi) is 4.07. The summed E-state index contributed by atoms with van der Waals surface area (Å²) in [6.45, 7) is 3.88. The van der Waals surface area contributed by atoms with E-state index in [0.717, 1.165) is 23.5 Å². The topological polar surface area (TPSA) is 81.3 Å². The molecule has 1 saturated carbocycles. The fraction of sp³-hybridized carbons (Fsp3) is 0.529. The summed E-state index contributed by atoms with van der Waals surface area (Å²) in [5.41, 5.74) is 1.70. The standard InChI is InChI=1S/C17H21N5O2S/c1-10-8-13-15(16(24)22-17(19-13)25-11(2)20-22)21(10)9-14(23)18-12-6-4-3-5-7-12/h8,12H,3-7,9H2,1-2H3,(H,18,23). The highest BCUT2D eigenvalue weighted by molar-refractivity contribution is 7.16. The van der Waals surface area contributed by atoms with Crippen LogP contribution in [0.3, 0.4) is 0 Å². The Morgan fingerprint density at radius 1 is 1.32 bits per heavy atom. The normalized spacial score (nSPS) is 15.9. The number of aromatic nitrogens is 4. The van der Waals surface area contributed by atoms with Crippen molar-refractivity contribution in [2.45, 2.75) is 58.5 Å². The van der Waals surface area contributed by atoms with E-state index in [1.807, 2.05) is 19.9 Å². The third kappa shape index (κ3) is 2.95. The smallest absolute Gasteiger partial charge is 0.299 e. The predicted molar refractivity (Wildman–Crippen MR) is 97.1 cm³/mol. The highest BCUT2D eigenvalue weighted by Crippen LogP contribution is 2.19. The lowest BCUT2D eigenvalue weighted by Gasteiger charge is -2.23. The van der Waals surface area contributed by atoms with Gasteiger partial charge < -0.3 is 9.88 Å². The summed E-state index contributed by atoms with van der Waals surface area (Å²) in [4.78, 5) is 30.4. The van der Waals surface area contributed by atoms with E-state index >= 15 is 0 Å². The van der Waals surface area contributed by atoms with Crippen LogP contribution in [0.1, 0.15) is 42.8 Å². The molecule has 1 fully saturated rings. The van der Waals surface area contributed by atoms with Crippen molar-refractivity contribution in [1.29, 1.82) is 0 Å². The second kappa shape index (κ2) is 6.25. The molecule has 0 bridgehead atoms. The number of amides is 1. The number of hydrogen-bond donors (Lipinski definition) is 1. The molecule has 132 valence electrons. The van der Waals surface area contributed by atoms with Crippen molar-refractivity contribution in [2.24, 2.45) is 0 Å². The summed E-state index contributed by atoms with van der Waals surface area (Å²) in [5, 5.41) is 8.13. The number of carbonyl (C=O) groups is 1. The van der Waals surface area contributed by atoms with Crippen molar-refractivity contribution in [1.82, 2.24) is 24.5 Å². The molecule has 0 aromatic carbocycles. The van der Waals surface area contributed by atoms with Gasteiger partial charge in [-0.05, 0) is 32.8 Å². The minimum atomic E-state index is -0.220. The molecule has 1 aliphatic carbocycles. The van der Waals surface area contributed by atoms with Gasteiger partial charge in [0.25, 0.3) is 5.56 Å². The highest BCUT2D eigenvalue weighted by Gasteiger charge is 2.19. The van der Waals surface area contributed by atoms with Gasteiger partial charge in [-0.2, -0.15) is 9.61 Å². The number of nitrogens with zero attached hydrogens (tertiary/aromatic N) is 4. The third-order valence-electron chi connectivity index (χ3n) is 4.83. The van der Waals surface area contributed by atoms with E-state index in [4.69, 9.17) is 0 Å². The lowest BCUT2D eigenvalue weighted by Crippen LogP contribution is -2.38. The Bertz CT molecular complexity index is 1010. The second-order valence-electron chi connectivity index (χ2n) is 6.74. The number of nitrogens with one attached hydrogen (secondary N) is 1. The molecule has 0 aliphatic heterocycles. The molecule has 0 unspecified atom stereocenters. The van der Waals surface area contributed by atoms with Crippen LogP contribution in [-0.2, 0) is 11.3 Å². The monoisotopic (exact) mass is 359 g/mol. The van der Waals surface area contributed by atoms with Crippen molar-refractivity contribution < 1.29 is 4.79 Å². The first-order valence-corrected chi connectivity index (χ1v) is 9.50. The SMILES string of the molecule is Cc1nn2c(=O)c3c(cc(C)n3CC(=O)NC3CCCCC3)nc2s1. The van der Waals surface area contributed by atoms with Crippen LogP contribution in [0.2, 0.25) is 0 Å². The molecule has 0 radical (unpaired) electrons. The predicted octanol–water partition coefficient (Wildman–Crippen LogP) is 2.17. The van der Waals surface area contributed by atoms with Gasteiger partial charge in [0.05, 0.1) is 5.52 Å². The molecular formula is C17H21N5O2S. The van der Waals surface area contributed by atoms with E-state index in [1.54, 1.807) is 4.57 Å². The van der Waals surface area contributed by atoms with Crippen LogP contribution in [0.4, 0.5) is 0 Å². The number of carbonyl (C=O) groups excluding carboxylic acids is 1. The molecular weight excluding hydrogens is 338 g/mol. The summed E-state index contributed by atoms with van der Waals surface area (Å²) in [7, 11) is 0. The number of rotatable bonds is 3. The first-order chi connectivity index (χ1) is 12.0. The summed E-state index contributed by atoms with van der Waals surface area (Å²) in [5.74, 6) is -0.0496. The first kappa shape index (κ1) is 16.3. The summed E-state index contributed by atoms with van der Waals surface area (Å²) in [6.07, 6.45) is 5.67. The summed E-state index contributed by atoms with van der Waals surface area (Å²) >= 11 is 1.39. The Hall–Kier alpha value is -2.22. The quantitative estimate of drug-likeness (QED) is 0.777. The van der Waals surface area contributed by atoms with Crippen LogP contribution in [0.5, 0.6) is 0 Å². The van der Waals surface area contributed by atoms with Crippen LogP contribution in [0.25, 0.3) is 16.0 Å². The largest absolute Gasteiger partial charge is 0.352 e. The van der Waals surface area contributed by atoms with Gasteiger partial charge in [-0.1, -0.05) is 30.6 Å². The van der Waals surface area contributed by atoms with E-state index < -0.39 is 0 Å². The molecule has 0 spiro atoms. The van der Waals surface area contributed by atoms with Crippen LogP contribution in [0, 0.1) is 13.8 Å². The molecule has 1 N–H and O–H groups in total. The van der Waals surface area contributed by atoms with Crippen LogP contribution in [0.15, 0.2) is 10.9 Å². The zero-order valence-electron chi connectivity index (χ0n) is 14.4. The molecule has 4 rings (SSSR count). The molecule has 0 atom stereocenters. The van der Waals surface area contributed by atoms with Gasteiger partial charge in [0, 0.05) is 11.7 Å². The maximum Gasteiger partial charge on any atom is 0.299 e. The Balaban J connectivity index is 1.68. The maximum absolute atomic E-state index is 12.8. The fourth-order valence-electron chi connectivity index (χ4n) is 3.62. The number of fused-ring (bicyclic) bond motifs is 2. The van der Waals surface area contributed by atoms with Gasteiger partial charge in [-0.15, -0.1) is 0 Å². The van der Waals surface area contributed by atoms with Gasteiger partial charge in [0.2, 0.25) is 10.9 Å². The molecule has 1 amide bonds. The summed E-state index contributed by atoms with van der Waals surface area (Å²) < 4.78 is 3.08. The van der Waals surface area contributed by atoms with Gasteiger partial charge in [-0.25, -0.2) is 4.98 Å². The van der Waals surface area contributed by atoms with E-state index in [9.17, 15) is 9.59 Å². The van der Waals surface area contributed by atoms with Crippen molar-refractivity contribution in [3.05, 3.63) is 27.1 Å². The molecule has 25 heavy (non-hydrogen) atoms. The first-order valence-electron chi connectivity index (χ1n) is 8.68. The molecule has 3 heterocycles. The number of aryl methyl sites for hydroxylation is 2. The Labute approximate surface area is 148 Å². The minimum absolute atomic E-state index is 0.0496. The molecule has 3 aromatic heterocycles. The maximum atomic E-state index is 12.8. The molecule has 1 aliphatic rings. The van der Waals surface area contributed by atoms with E-state index in [1.165, 1.54) is 35.1 Å².